The predicted molar refractivity (Wildman–Crippen MR) is 111 cm³/mol. The first-order chi connectivity index (χ1) is 13.7. The summed E-state index contributed by atoms with van der Waals surface area (Å²) in [4.78, 5) is 9.19. The molecule has 7 heteroatoms. The summed E-state index contributed by atoms with van der Waals surface area (Å²) in [5, 5.41) is 6.50. The Balaban J connectivity index is 1.96. The maximum atomic E-state index is 5.45. The van der Waals surface area contributed by atoms with Gasteiger partial charge < -0.3 is 24.8 Å². The van der Waals surface area contributed by atoms with Crippen molar-refractivity contribution in [2.24, 2.45) is 0 Å². The molecule has 0 aliphatic rings. The van der Waals surface area contributed by atoms with Crippen molar-refractivity contribution in [2.45, 2.75) is 0 Å². The van der Waals surface area contributed by atoms with E-state index in [4.69, 9.17) is 14.2 Å². The summed E-state index contributed by atoms with van der Waals surface area (Å²) in [6, 6.07) is 17.4. The molecule has 1 aromatic heterocycles. The van der Waals surface area contributed by atoms with Crippen LogP contribution in [0.25, 0.3) is 11.3 Å². The lowest BCUT2D eigenvalue weighted by molar-refractivity contribution is 0.210. The lowest BCUT2D eigenvalue weighted by atomic mass is 10.1. The second-order valence-corrected chi connectivity index (χ2v) is 5.94. The van der Waals surface area contributed by atoms with Gasteiger partial charge in [0.05, 0.1) is 32.2 Å². The van der Waals surface area contributed by atoms with Gasteiger partial charge in [-0.15, -0.1) is 0 Å². The maximum absolute atomic E-state index is 5.45. The van der Waals surface area contributed by atoms with Crippen LogP contribution in [-0.4, -0.2) is 44.4 Å². The van der Waals surface area contributed by atoms with Crippen molar-refractivity contribution in [3.63, 3.8) is 0 Å². The minimum absolute atomic E-state index is 0.516. The van der Waals surface area contributed by atoms with Crippen LogP contribution in [0.5, 0.6) is 11.5 Å². The second kappa shape index (κ2) is 9.57. The van der Waals surface area contributed by atoms with Crippen LogP contribution in [0.15, 0.2) is 54.6 Å². The summed E-state index contributed by atoms with van der Waals surface area (Å²) in [6.45, 7) is 1.17. The van der Waals surface area contributed by atoms with Gasteiger partial charge in [-0.25, -0.2) is 4.98 Å². The Labute approximate surface area is 164 Å². The van der Waals surface area contributed by atoms with Crippen LogP contribution in [0.1, 0.15) is 0 Å². The van der Waals surface area contributed by atoms with Crippen molar-refractivity contribution in [3.8, 4) is 22.8 Å². The van der Waals surface area contributed by atoms with Crippen LogP contribution < -0.4 is 20.1 Å². The van der Waals surface area contributed by atoms with Crippen molar-refractivity contribution in [1.29, 1.82) is 0 Å². The minimum Gasteiger partial charge on any atom is -0.497 e. The van der Waals surface area contributed by atoms with Crippen LogP contribution in [0, 0.1) is 0 Å². The molecule has 7 nitrogen and oxygen atoms in total. The van der Waals surface area contributed by atoms with Gasteiger partial charge in [0, 0.05) is 31.4 Å². The van der Waals surface area contributed by atoms with Gasteiger partial charge in [0.2, 0.25) is 5.95 Å². The third kappa shape index (κ3) is 4.89. The molecule has 1 heterocycles. The average Bonchev–Trinajstić information content (AvgIpc) is 2.74. The van der Waals surface area contributed by atoms with E-state index in [1.165, 1.54) is 0 Å². The van der Waals surface area contributed by atoms with Crippen LogP contribution in [0.2, 0.25) is 0 Å². The SMILES string of the molecule is COCCNc1nc(Nc2cc(OC)ccc2OC)cc(-c2ccccc2)n1. The topological polar surface area (TPSA) is 77.5 Å². The van der Waals surface area contributed by atoms with Gasteiger partial charge in [-0.05, 0) is 12.1 Å². The Morgan fingerprint density at radius 1 is 0.893 bits per heavy atom. The average molecular weight is 380 g/mol. The largest absolute Gasteiger partial charge is 0.497 e. The lowest BCUT2D eigenvalue weighted by Gasteiger charge is -2.14. The second-order valence-electron chi connectivity index (χ2n) is 5.94. The van der Waals surface area contributed by atoms with Gasteiger partial charge in [0.15, 0.2) is 0 Å². The quantitative estimate of drug-likeness (QED) is 0.544. The molecule has 0 saturated carbocycles. The molecule has 3 rings (SSSR count). The summed E-state index contributed by atoms with van der Waals surface area (Å²) in [5.74, 6) is 2.57. The summed E-state index contributed by atoms with van der Waals surface area (Å²) in [6.07, 6.45) is 0. The Morgan fingerprint density at radius 3 is 2.43 bits per heavy atom. The number of nitrogens with one attached hydrogen (secondary N) is 2. The molecule has 0 fully saturated rings. The van der Waals surface area contributed by atoms with Crippen LogP contribution >= 0.6 is 0 Å². The molecule has 28 heavy (non-hydrogen) atoms. The molecular weight excluding hydrogens is 356 g/mol. The Kier molecular flexibility index (Phi) is 6.64. The van der Waals surface area contributed by atoms with E-state index in [2.05, 4.69) is 20.6 Å². The minimum atomic E-state index is 0.516. The van der Waals surface area contributed by atoms with Gasteiger partial charge in [-0.3, -0.25) is 0 Å². The van der Waals surface area contributed by atoms with E-state index in [9.17, 15) is 0 Å². The molecule has 0 aliphatic carbocycles. The summed E-state index contributed by atoms with van der Waals surface area (Å²) in [5.41, 5.74) is 2.56. The number of aromatic nitrogens is 2. The number of nitrogens with zero attached hydrogens (tertiary/aromatic N) is 2. The molecule has 0 spiro atoms. The van der Waals surface area contributed by atoms with Crippen molar-refractivity contribution in [1.82, 2.24) is 9.97 Å². The predicted octanol–water partition coefficient (Wildman–Crippen LogP) is 3.96. The third-order valence-electron chi connectivity index (χ3n) is 4.05. The molecule has 0 atom stereocenters. The number of anilines is 3. The van der Waals surface area contributed by atoms with E-state index >= 15 is 0 Å². The molecule has 146 valence electrons. The highest BCUT2D eigenvalue weighted by atomic mass is 16.5. The first kappa shape index (κ1) is 19.4. The monoisotopic (exact) mass is 380 g/mol. The van der Waals surface area contributed by atoms with E-state index in [1.54, 1.807) is 21.3 Å². The summed E-state index contributed by atoms with van der Waals surface area (Å²) >= 11 is 0. The maximum Gasteiger partial charge on any atom is 0.225 e. The van der Waals surface area contributed by atoms with Crippen molar-refractivity contribution >= 4 is 17.5 Å². The molecule has 3 aromatic rings. The molecule has 2 N–H and O–H groups in total. The number of ether oxygens (including phenoxy) is 3. The van der Waals surface area contributed by atoms with Crippen molar-refractivity contribution < 1.29 is 14.2 Å². The lowest BCUT2D eigenvalue weighted by Crippen LogP contribution is -2.11. The molecule has 0 saturated heterocycles. The van der Waals surface area contributed by atoms with E-state index in [1.807, 2.05) is 54.6 Å². The molecule has 0 radical (unpaired) electrons. The molecule has 2 aromatic carbocycles. The van der Waals surface area contributed by atoms with E-state index in [0.29, 0.717) is 30.7 Å². The van der Waals surface area contributed by atoms with Crippen molar-refractivity contribution in [2.75, 3.05) is 45.1 Å². The third-order valence-corrected chi connectivity index (χ3v) is 4.05. The molecule has 0 amide bonds. The fourth-order valence-corrected chi connectivity index (χ4v) is 2.66. The fourth-order valence-electron chi connectivity index (χ4n) is 2.66. The standard InChI is InChI=1S/C21H24N4O3/c1-26-12-11-22-21-24-17(15-7-5-4-6-8-15)14-20(25-21)23-18-13-16(27-2)9-10-19(18)28-3/h4-10,13-14H,11-12H2,1-3H3,(H2,22,23,24,25). The highest BCUT2D eigenvalue weighted by Gasteiger charge is 2.10. The summed E-state index contributed by atoms with van der Waals surface area (Å²) in [7, 11) is 4.91. The van der Waals surface area contributed by atoms with Crippen LogP contribution in [-0.2, 0) is 4.74 Å². The smallest absolute Gasteiger partial charge is 0.225 e. The van der Waals surface area contributed by atoms with Gasteiger partial charge in [-0.2, -0.15) is 4.98 Å². The van der Waals surface area contributed by atoms with Crippen LogP contribution in [0.3, 0.4) is 0 Å². The van der Waals surface area contributed by atoms with Crippen molar-refractivity contribution in [3.05, 3.63) is 54.6 Å². The van der Waals surface area contributed by atoms with Gasteiger partial charge >= 0.3 is 0 Å². The fraction of sp³-hybridized carbons (Fsp3) is 0.238. The zero-order valence-corrected chi connectivity index (χ0v) is 16.2. The molecular formula is C21H24N4O3. The van der Waals surface area contributed by atoms with Gasteiger partial charge in [0.1, 0.15) is 17.3 Å². The number of benzene rings is 2. The first-order valence-electron chi connectivity index (χ1n) is 8.90. The molecule has 0 aliphatic heterocycles. The number of hydrogen-bond acceptors (Lipinski definition) is 7. The van der Waals surface area contributed by atoms with E-state index in [-0.39, 0.29) is 0 Å². The summed E-state index contributed by atoms with van der Waals surface area (Å²) < 4.78 is 15.9. The highest BCUT2D eigenvalue weighted by Crippen LogP contribution is 2.32. The number of hydrogen-bond donors (Lipinski definition) is 2. The number of methoxy groups -OCH3 is 3. The normalized spacial score (nSPS) is 10.4. The Hall–Kier alpha value is -3.32. The first-order valence-corrected chi connectivity index (χ1v) is 8.90. The Bertz CT molecular complexity index is 903. The molecule has 0 unspecified atom stereocenters. The number of rotatable bonds is 9. The van der Waals surface area contributed by atoms with Crippen LogP contribution in [0.4, 0.5) is 17.5 Å². The van der Waals surface area contributed by atoms with Gasteiger partial charge in [-0.1, -0.05) is 30.3 Å². The van der Waals surface area contributed by atoms with Gasteiger partial charge in [0.25, 0.3) is 0 Å². The Morgan fingerprint density at radius 2 is 1.71 bits per heavy atom. The zero-order valence-electron chi connectivity index (χ0n) is 16.2. The highest BCUT2D eigenvalue weighted by molar-refractivity contribution is 5.71. The van der Waals surface area contributed by atoms with E-state index in [0.717, 1.165) is 22.7 Å². The molecule has 0 bridgehead atoms. The van der Waals surface area contributed by atoms with E-state index < -0.39 is 0 Å². The zero-order chi connectivity index (χ0) is 19.8.